The summed E-state index contributed by atoms with van der Waals surface area (Å²) in [5.41, 5.74) is 5.53. The van der Waals surface area contributed by atoms with Crippen LogP contribution in [0.5, 0.6) is 0 Å². The van der Waals surface area contributed by atoms with E-state index in [1.165, 1.54) is 4.31 Å². The lowest BCUT2D eigenvalue weighted by Crippen LogP contribution is -2.50. The van der Waals surface area contributed by atoms with Crippen LogP contribution in [0.3, 0.4) is 0 Å². The van der Waals surface area contributed by atoms with Crippen molar-refractivity contribution in [3.8, 4) is 0 Å². The van der Waals surface area contributed by atoms with E-state index in [1.54, 1.807) is 13.1 Å². The van der Waals surface area contributed by atoms with Gasteiger partial charge in [0.1, 0.15) is 5.82 Å². The fourth-order valence-corrected chi connectivity index (χ4v) is 3.89. The minimum Gasteiger partial charge on any atom is -0.355 e. The van der Waals surface area contributed by atoms with Crippen molar-refractivity contribution in [1.82, 2.24) is 14.6 Å². The lowest BCUT2D eigenvalue weighted by atomic mass is 10.2. The largest absolute Gasteiger partial charge is 0.355 e. The highest BCUT2D eigenvalue weighted by Crippen LogP contribution is 2.14. The molecule has 1 fully saturated rings. The summed E-state index contributed by atoms with van der Waals surface area (Å²) in [5.74, 6) is 0.541. The molecule has 0 saturated carbocycles. The lowest BCUT2D eigenvalue weighted by molar-refractivity contribution is -0.121. The van der Waals surface area contributed by atoms with Crippen molar-refractivity contribution in [2.24, 2.45) is 5.73 Å². The van der Waals surface area contributed by atoms with Crippen LogP contribution in [0.2, 0.25) is 0 Å². The molecule has 1 aromatic heterocycles. The van der Waals surface area contributed by atoms with Crippen LogP contribution in [0.1, 0.15) is 13.3 Å². The first-order chi connectivity index (χ1) is 11.4. The maximum absolute atomic E-state index is 12.3. The molecule has 1 aliphatic rings. The van der Waals surface area contributed by atoms with Crippen molar-refractivity contribution >= 4 is 21.7 Å². The van der Waals surface area contributed by atoms with E-state index in [2.05, 4.69) is 15.2 Å². The Hall–Kier alpha value is -1.71. The maximum atomic E-state index is 12.3. The molecule has 134 valence electrons. The predicted molar refractivity (Wildman–Crippen MR) is 93.1 cm³/mol. The molecular weight excluding hydrogens is 330 g/mol. The van der Waals surface area contributed by atoms with E-state index in [9.17, 15) is 13.2 Å². The summed E-state index contributed by atoms with van der Waals surface area (Å²) in [5, 5.41) is 2.60. The molecule has 1 aliphatic heterocycles. The number of hydrogen-bond acceptors (Lipinski definition) is 6. The smallest absolute Gasteiger partial charge is 0.221 e. The van der Waals surface area contributed by atoms with Gasteiger partial charge in [-0.25, -0.2) is 13.4 Å². The highest BCUT2D eigenvalue weighted by molar-refractivity contribution is 7.89. The summed E-state index contributed by atoms with van der Waals surface area (Å²) in [4.78, 5) is 17.9. The zero-order chi connectivity index (χ0) is 17.6. The molecule has 3 N–H and O–H groups in total. The Morgan fingerprint density at radius 3 is 2.62 bits per heavy atom. The van der Waals surface area contributed by atoms with Gasteiger partial charge in [-0.3, -0.25) is 4.79 Å². The molecule has 0 bridgehead atoms. The van der Waals surface area contributed by atoms with Gasteiger partial charge < -0.3 is 16.0 Å². The number of sulfonamides is 1. The van der Waals surface area contributed by atoms with E-state index in [-0.39, 0.29) is 30.7 Å². The Morgan fingerprint density at radius 1 is 1.33 bits per heavy atom. The van der Waals surface area contributed by atoms with Crippen LogP contribution in [0.4, 0.5) is 5.82 Å². The van der Waals surface area contributed by atoms with Crippen molar-refractivity contribution in [3.05, 3.63) is 24.4 Å². The Kier molecular flexibility index (Phi) is 6.52. The summed E-state index contributed by atoms with van der Waals surface area (Å²) < 4.78 is 26.2. The van der Waals surface area contributed by atoms with Crippen LogP contribution in [-0.4, -0.2) is 68.1 Å². The maximum Gasteiger partial charge on any atom is 0.221 e. The van der Waals surface area contributed by atoms with Crippen LogP contribution in [-0.2, 0) is 14.8 Å². The first kappa shape index (κ1) is 18.6. The molecule has 0 aliphatic carbocycles. The number of nitrogens with one attached hydrogen (secondary N) is 1. The van der Waals surface area contributed by atoms with Crippen molar-refractivity contribution in [1.29, 1.82) is 0 Å². The van der Waals surface area contributed by atoms with Gasteiger partial charge >= 0.3 is 0 Å². The zero-order valence-electron chi connectivity index (χ0n) is 13.9. The second-order valence-corrected chi connectivity index (χ2v) is 8.01. The third-order valence-corrected chi connectivity index (χ3v) is 5.67. The number of carbonyl (C=O) groups is 1. The highest BCUT2D eigenvalue weighted by atomic mass is 32.2. The van der Waals surface area contributed by atoms with Crippen LogP contribution in [0.25, 0.3) is 0 Å². The molecule has 1 unspecified atom stereocenters. The number of hydrogen-bond donors (Lipinski definition) is 2. The molecule has 2 heterocycles. The Labute approximate surface area is 143 Å². The molecule has 0 aromatic carbocycles. The van der Waals surface area contributed by atoms with Crippen molar-refractivity contribution < 1.29 is 13.2 Å². The van der Waals surface area contributed by atoms with E-state index in [0.717, 1.165) is 5.82 Å². The summed E-state index contributed by atoms with van der Waals surface area (Å²) >= 11 is 0. The van der Waals surface area contributed by atoms with E-state index in [1.807, 2.05) is 18.2 Å². The summed E-state index contributed by atoms with van der Waals surface area (Å²) in [6.07, 6.45) is 1.92. The third kappa shape index (κ3) is 5.43. The van der Waals surface area contributed by atoms with Crippen molar-refractivity contribution in [3.63, 3.8) is 0 Å². The highest BCUT2D eigenvalue weighted by Gasteiger charge is 2.27. The van der Waals surface area contributed by atoms with Gasteiger partial charge in [0.2, 0.25) is 15.9 Å². The zero-order valence-corrected chi connectivity index (χ0v) is 14.7. The molecule has 9 heteroatoms. The van der Waals surface area contributed by atoms with Gasteiger partial charge in [-0.1, -0.05) is 6.07 Å². The number of carbonyl (C=O) groups excluding carboxylic acids is 1. The lowest BCUT2D eigenvalue weighted by Gasteiger charge is -2.34. The first-order valence-corrected chi connectivity index (χ1v) is 9.65. The Bertz CT molecular complexity index is 628. The fraction of sp³-hybridized carbons (Fsp3) is 0.600. The Balaban J connectivity index is 1.79. The van der Waals surface area contributed by atoms with Gasteiger partial charge in [0.25, 0.3) is 0 Å². The minimum absolute atomic E-state index is 0.0960. The van der Waals surface area contributed by atoms with Gasteiger partial charge in [-0.2, -0.15) is 4.31 Å². The number of aromatic nitrogens is 1. The first-order valence-electron chi connectivity index (χ1n) is 8.04. The number of nitrogens with zero attached hydrogens (tertiary/aromatic N) is 3. The van der Waals surface area contributed by atoms with E-state index in [0.29, 0.717) is 26.2 Å². The molecule has 8 nitrogen and oxygen atoms in total. The van der Waals surface area contributed by atoms with Crippen molar-refractivity contribution in [2.45, 2.75) is 19.4 Å². The monoisotopic (exact) mass is 355 g/mol. The topological polar surface area (TPSA) is 109 Å². The van der Waals surface area contributed by atoms with Gasteiger partial charge in [-0.15, -0.1) is 0 Å². The molecule has 1 aromatic rings. The van der Waals surface area contributed by atoms with Gasteiger partial charge in [0.15, 0.2) is 0 Å². The second kappa shape index (κ2) is 8.41. The van der Waals surface area contributed by atoms with Crippen LogP contribution >= 0.6 is 0 Å². The molecule has 1 saturated heterocycles. The SMILES string of the molecule is CC(N)CC(=O)NCCS(=O)(=O)N1CCN(c2ccccn2)CC1. The molecule has 1 amide bonds. The number of piperazine rings is 1. The third-order valence-electron chi connectivity index (χ3n) is 3.79. The summed E-state index contributed by atoms with van der Waals surface area (Å²) in [7, 11) is -3.37. The van der Waals surface area contributed by atoms with Gasteiger partial charge in [0.05, 0.1) is 5.75 Å². The van der Waals surface area contributed by atoms with E-state index >= 15 is 0 Å². The summed E-state index contributed by atoms with van der Waals surface area (Å²) in [6.45, 7) is 3.89. The van der Waals surface area contributed by atoms with E-state index < -0.39 is 10.0 Å². The second-order valence-electron chi connectivity index (χ2n) is 5.92. The van der Waals surface area contributed by atoms with Crippen LogP contribution in [0.15, 0.2) is 24.4 Å². The molecule has 2 rings (SSSR count). The summed E-state index contributed by atoms with van der Waals surface area (Å²) in [6, 6.07) is 5.44. The number of amides is 1. The number of pyridine rings is 1. The number of rotatable bonds is 7. The average molecular weight is 355 g/mol. The average Bonchev–Trinajstić information content (AvgIpc) is 2.55. The molecule has 0 radical (unpaired) electrons. The Morgan fingerprint density at radius 2 is 2.04 bits per heavy atom. The molecule has 0 spiro atoms. The van der Waals surface area contributed by atoms with Gasteiger partial charge in [-0.05, 0) is 19.1 Å². The standard InChI is InChI=1S/C15H25N5O3S/c1-13(16)12-15(21)18-6-11-24(22,23)20-9-7-19(8-10-20)14-4-2-3-5-17-14/h2-5,13H,6-12,16H2,1H3,(H,18,21). The van der Waals surface area contributed by atoms with Crippen molar-refractivity contribution in [2.75, 3.05) is 43.4 Å². The quantitative estimate of drug-likeness (QED) is 0.675. The fourth-order valence-electron chi connectivity index (χ4n) is 2.55. The van der Waals surface area contributed by atoms with Crippen LogP contribution < -0.4 is 16.0 Å². The number of nitrogens with two attached hydrogens (primary N) is 1. The predicted octanol–water partition coefficient (Wildman–Crippen LogP) is -0.613. The molecular formula is C15H25N5O3S. The van der Waals surface area contributed by atoms with E-state index in [4.69, 9.17) is 5.73 Å². The molecule has 24 heavy (non-hydrogen) atoms. The number of anilines is 1. The van der Waals surface area contributed by atoms with Crippen LogP contribution in [0, 0.1) is 0 Å². The normalized spacial score (nSPS) is 17.5. The molecule has 1 atom stereocenters. The van der Waals surface area contributed by atoms with Gasteiger partial charge in [0, 0.05) is 51.4 Å². The minimum atomic E-state index is -3.37.